The molecule has 4 nitrogen and oxygen atoms in total. The zero-order valence-electron chi connectivity index (χ0n) is 11.9. The van der Waals surface area contributed by atoms with Gasteiger partial charge in [-0.1, -0.05) is 25.1 Å². The molecular formula is C16H19N3O. The third-order valence-electron chi connectivity index (χ3n) is 3.53. The van der Waals surface area contributed by atoms with Gasteiger partial charge in [0.2, 0.25) is 0 Å². The van der Waals surface area contributed by atoms with Gasteiger partial charge in [0.15, 0.2) is 0 Å². The maximum Gasteiger partial charge on any atom is 0.142 e. The molecule has 20 heavy (non-hydrogen) atoms. The Morgan fingerprint density at radius 2 is 2.10 bits per heavy atom. The van der Waals surface area contributed by atoms with Crippen molar-refractivity contribution in [2.45, 2.75) is 26.2 Å². The van der Waals surface area contributed by atoms with Gasteiger partial charge < -0.3 is 10.1 Å². The molecule has 0 saturated carbocycles. The summed E-state index contributed by atoms with van der Waals surface area (Å²) in [6.07, 6.45) is 0.906. The first kappa shape index (κ1) is 12.9. The second-order valence-corrected chi connectivity index (χ2v) is 4.89. The van der Waals surface area contributed by atoms with Crippen molar-refractivity contribution in [3.8, 4) is 5.75 Å². The predicted molar refractivity (Wildman–Crippen MR) is 79.4 cm³/mol. The third-order valence-corrected chi connectivity index (χ3v) is 3.53. The van der Waals surface area contributed by atoms with Crippen LogP contribution in [0.4, 0.5) is 5.82 Å². The van der Waals surface area contributed by atoms with Crippen LogP contribution in [0.5, 0.6) is 5.75 Å². The minimum absolute atomic E-state index is 0.134. The standard InChI is InChI=1S/C16H19N3O/c1-3-11-9-15(17-4-2)19-16(18-11)13-10-20-14-8-6-5-7-12(13)14/h5-9,13H,3-4,10H2,1-2H3,(H,17,18,19). The predicted octanol–water partition coefficient (Wildman–Crippen LogP) is 3.00. The van der Waals surface area contributed by atoms with E-state index in [1.54, 1.807) is 0 Å². The number of rotatable bonds is 4. The quantitative estimate of drug-likeness (QED) is 0.927. The average molecular weight is 269 g/mol. The van der Waals surface area contributed by atoms with E-state index in [1.165, 1.54) is 5.56 Å². The molecule has 0 bridgehead atoms. The Bertz CT molecular complexity index is 612. The van der Waals surface area contributed by atoms with Crippen molar-refractivity contribution in [3.63, 3.8) is 0 Å². The van der Waals surface area contributed by atoms with E-state index in [2.05, 4.69) is 35.2 Å². The zero-order chi connectivity index (χ0) is 13.9. The lowest BCUT2D eigenvalue weighted by atomic mass is 10.0. The summed E-state index contributed by atoms with van der Waals surface area (Å²) in [6, 6.07) is 10.2. The fourth-order valence-corrected chi connectivity index (χ4v) is 2.50. The van der Waals surface area contributed by atoms with E-state index < -0.39 is 0 Å². The number of nitrogens with zero attached hydrogens (tertiary/aromatic N) is 2. The highest BCUT2D eigenvalue weighted by atomic mass is 16.5. The van der Waals surface area contributed by atoms with E-state index in [1.807, 2.05) is 24.3 Å². The van der Waals surface area contributed by atoms with Crippen molar-refractivity contribution in [2.75, 3.05) is 18.5 Å². The molecule has 0 aliphatic carbocycles. The minimum atomic E-state index is 0.134. The maximum absolute atomic E-state index is 5.74. The third kappa shape index (κ3) is 2.33. The van der Waals surface area contributed by atoms with E-state index in [9.17, 15) is 0 Å². The van der Waals surface area contributed by atoms with Crippen LogP contribution < -0.4 is 10.1 Å². The molecule has 104 valence electrons. The van der Waals surface area contributed by atoms with Gasteiger partial charge in [-0.15, -0.1) is 0 Å². The van der Waals surface area contributed by atoms with Gasteiger partial charge in [-0.2, -0.15) is 0 Å². The fraction of sp³-hybridized carbons (Fsp3) is 0.375. The van der Waals surface area contributed by atoms with Crippen molar-refractivity contribution < 1.29 is 4.74 Å². The van der Waals surface area contributed by atoms with Gasteiger partial charge in [-0.3, -0.25) is 0 Å². The second-order valence-electron chi connectivity index (χ2n) is 4.89. The van der Waals surface area contributed by atoms with Gasteiger partial charge in [0.05, 0.1) is 5.92 Å². The van der Waals surface area contributed by atoms with Gasteiger partial charge in [0, 0.05) is 23.9 Å². The molecule has 0 fully saturated rings. The second kappa shape index (κ2) is 5.49. The molecule has 1 aromatic carbocycles. The summed E-state index contributed by atoms with van der Waals surface area (Å²) in [7, 11) is 0. The Kier molecular flexibility index (Phi) is 3.54. The van der Waals surface area contributed by atoms with Crippen LogP contribution in [0.1, 0.15) is 36.8 Å². The van der Waals surface area contributed by atoms with E-state index in [4.69, 9.17) is 4.74 Å². The molecule has 0 radical (unpaired) electrons. The monoisotopic (exact) mass is 269 g/mol. The largest absolute Gasteiger partial charge is 0.492 e. The first-order chi connectivity index (χ1) is 9.81. The fourth-order valence-electron chi connectivity index (χ4n) is 2.50. The number of aryl methyl sites for hydroxylation is 1. The average Bonchev–Trinajstić information content (AvgIpc) is 2.91. The van der Waals surface area contributed by atoms with Crippen LogP contribution in [0, 0.1) is 0 Å². The maximum atomic E-state index is 5.74. The lowest BCUT2D eigenvalue weighted by Crippen LogP contribution is -2.11. The Balaban J connectivity index is 2.00. The number of para-hydroxylation sites is 1. The molecule has 1 aromatic heterocycles. The zero-order valence-corrected chi connectivity index (χ0v) is 11.9. The van der Waals surface area contributed by atoms with Crippen molar-refractivity contribution in [3.05, 3.63) is 47.4 Å². The molecular weight excluding hydrogens is 250 g/mol. The van der Waals surface area contributed by atoms with Gasteiger partial charge >= 0.3 is 0 Å². The van der Waals surface area contributed by atoms with Crippen LogP contribution in [0.25, 0.3) is 0 Å². The number of nitrogens with one attached hydrogen (secondary N) is 1. The molecule has 1 unspecified atom stereocenters. The Hall–Kier alpha value is -2.10. The van der Waals surface area contributed by atoms with Crippen molar-refractivity contribution in [2.24, 2.45) is 0 Å². The van der Waals surface area contributed by atoms with E-state index >= 15 is 0 Å². The molecule has 0 saturated heterocycles. The molecule has 1 aliphatic rings. The summed E-state index contributed by atoms with van der Waals surface area (Å²) in [5.41, 5.74) is 2.25. The van der Waals surface area contributed by atoms with Crippen LogP contribution in [0.3, 0.4) is 0 Å². The van der Waals surface area contributed by atoms with E-state index in [-0.39, 0.29) is 5.92 Å². The Labute approximate surface area is 119 Å². The Morgan fingerprint density at radius 1 is 1.25 bits per heavy atom. The molecule has 1 aliphatic heterocycles. The normalized spacial score (nSPS) is 16.6. The molecule has 4 heteroatoms. The van der Waals surface area contributed by atoms with Crippen molar-refractivity contribution in [1.82, 2.24) is 9.97 Å². The summed E-state index contributed by atoms with van der Waals surface area (Å²) in [5.74, 6) is 2.84. The number of benzene rings is 1. The van der Waals surface area contributed by atoms with Gasteiger partial charge in [-0.05, 0) is 19.4 Å². The van der Waals surface area contributed by atoms with Crippen molar-refractivity contribution >= 4 is 5.82 Å². The summed E-state index contributed by atoms with van der Waals surface area (Å²) < 4.78 is 5.74. The summed E-state index contributed by atoms with van der Waals surface area (Å²) in [5, 5.41) is 3.28. The summed E-state index contributed by atoms with van der Waals surface area (Å²) in [4.78, 5) is 9.33. The number of fused-ring (bicyclic) bond motifs is 1. The van der Waals surface area contributed by atoms with E-state index in [0.717, 1.165) is 36.1 Å². The molecule has 1 atom stereocenters. The molecule has 0 spiro atoms. The van der Waals surface area contributed by atoms with Crippen LogP contribution >= 0.6 is 0 Å². The van der Waals surface area contributed by atoms with E-state index in [0.29, 0.717) is 6.61 Å². The lowest BCUT2D eigenvalue weighted by molar-refractivity contribution is 0.339. The topological polar surface area (TPSA) is 47.0 Å². The highest BCUT2D eigenvalue weighted by Crippen LogP contribution is 2.36. The molecule has 1 N–H and O–H groups in total. The van der Waals surface area contributed by atoms with Gasteiger partial charge in [-0.25, -0.2) is 9.97 Å². The summed E-state index contributed by atoms with van der Waals surface area (Å²) in [6.45, 7) is 5.66. The lowest BCUT2D eigenvalue weighted by Gasteiger charge is -2.12. The first-order valence-corrected chi connectivity index (χ1v) is 7.15. The molecule has 2 heterocycles. The summed E-state index contributed by atoms with van der Waals surface area (Å²) >= 11 is 0. The molecule has 2 aromatic rings. The highest BCUT2D eigenvalue weighted by Gasteiger charge is 2.28. The van der Waals surface area contributed by atoms with Crippen LogP contribution in [0.2, 0.25) is 0 Å². The Morgan fingerprint density at radius 3 is 2.90 bits per heavy atom. The van der Waals surface area contributed by atoms with Crippen molar-refractivity contribution in [1.29, 1.82) is 0 Å². The number of anilines is 1. The number of hydrogen-bond acceptors (Lipinski definition) is 4. The van der Waals surface area contributed by atoms with Crippen LogP contribution in [-0.2, 0) is 6.42 Å². The van der Waals surface area contributed by atoms with Crippen LogP contribution in [-0.4, -0.2) is 23.1 Å². The molecule has 0 amide bonds. The number of hydrogen-bond donors (Lipinski definition) is 1. The van der Waals surface area contributed by atoms with Gasteiger partial charge in [0.25, 0.3) is 0 Å². The minimum Gasteiger partial charge on any atom is -0.492 e. The smallest absolute Gasteiger partial charge is 0.142 e. The van der Waals surface area contributed by atoms with Crippen LogP contribution in [0.15, 0.2) is 30.3 Å². The molecule has 3 rings (SSSR count). The number of aromatic nitrogens is 2. The first-order valence-electron chi connectivity index (χ1n) is 7.15. The SMILES string of the molecule is CCNc1cc(CC)nc(C2COc3ccccc32)n1. The number of ether oxygens (including phenoxy) is 1. The highest BCUT2D eigenvalue weighted by molar-refractivity contribution is 5.44. The van der Waals surface area contributed by atoms with Gasteiger partial charge in [0.1, 0.15) is 24.0 Å².